The van der Waals surface area contributed by atoms with Crippen molar-refractivity contribution in [3.63, 3.8) is 0 Å². The molecule has 2 aromatic carbocycles. The third-order valence-corrected chi connectivity index (χ3v) is 6.10. The lowest BCUT2D eigenvalue weighted by Gasteiger charge is -2.40. The fourth-order valence-electron chi connectivity index (χ4n) is 3.98. The van der Waals surface area contributed by atoms with Crippen LogP contribution < -0.4 is 4.74 Å². The van der Waals surface area contributed by atoms with Gasteiger partial charge in [-0.05, 0) is 38.1 Å². The van der Waals surface area contributed by atoms with Crippen LogP contribution in [0.5, 0.6) is 5.75 Å². The van der Waals surface area contributed by atoms with Crippen molar-refractivity contribution in [3.05, 3.63) is 76.3 Å². The second kappa shape index (κ2) is 8.45. The first-order chi connectivity index (χ1) is 16.2. The molecule has 2 aliphatic heterocycles. The van der Waals surface area contributed by atoms with Crippen LogP contribution in [0.1, 0.15) is 13.8 Å². The van der Waals surface area contributed by atoms with Crippen molar-refractivity contribution in [1.82, 2.24) is 4.90 Å². The van der Waals surface area contributed by atoms with E-state index in [0.717, 1.165) is 12.0 Å². The third kappa shape index (κ3) is 3.47. The second-order valence-electron chi connectivity index (χ2n) is 7.78. The number of amides is 1. The Hall–Kier alpha value is -3.92. The predicted octanol–water partition coefficient (Wildman–Crippen LogP) is 4.33. The highest BCUT2D eigenvalue weighted by Crippen LogP contribution is 2.56. The molecule has 11 heteroatoms. The molecule has 34 heavy (non-hydrogen) atoms. The number of hydrogen-bond acceptors (Lipinski definition) is 7. The van der Waals surface area contributed by atoms with Gasteiger partial charge in [0.2, 0.25) is 5.69 Å². The van der Waals surface area contributed by atoms with Gasteiger partial charge in [0.1, 0.15) is 17.1 Å². The molecule has 0 fully saturated rings. The van der Waals surface area contributed by atoms with Crippen LogP contribution in [-0.2, 0) is 19.1 Å². The summed E-state index contributed by atoms with van der Waals surface area (Å²) in [4.78, 5) is 41.5. The number of ether oxygens (including phenoxy) is 3. The van der Waals surface area contributed by atoms with Crippen LogP contribution in [0.2, 0.25) is 5.02 Å². The standard InChI is InChI=1S/C23H21ClN4O6/c1-22-17(19(29)32-3)18(20(30)33-4)27(21(31)34-16-8-6-5-7-9-16)23(22,2)26-28(25-22)15-12-10-14(24)11-13-15/h5-13H,1-4H3/t22-,23+/m0/s1. The van der Waals surface area contributed by atoms with Crippen LogP contribution >= 0.6 is 11.6 Å². The first-order valence-electron chi connectivity index (χ1n) is 10.2. The molecule has 0 unspecified atom stereocenters. The number of esters is 2. The number of fused-ring (bicyclic) bond motifs is 1. The number of carbonyl (C=O) groups excluding carboxylic acids is 3. The molecule has 0 radical (unpaired) electrons. The van der Waals surface area contributed by atoms with E-state index < -0.39 is 29.2 Å². The molecule has 0 spiro atoms. The highest BCUT2D eigenvalue weighted by molar-refractivity contribution is 6.30. The SMILES string of the molecule is COC(=O)C1=C(C(=O)OC)[C@]2(C)N=[N+](c3ccc(Cl)cc3)[N-][C@]2(C)N1C(=O)Oc1ccccc1. The van der Waals surface area contributed by atoms with Crippen molar-refractivity contribution < 1.29 is 33.4 Å². The molecule has 2 aromatic rings. The van der Waals surface area contributed by atoms with Crippen LogP contribution in [0.3, 0.4) is 0 Å². The zero-order valence-corrected chi connectivity index (χ0v) is 19.6. The molecule has 0 aliphatic carbocycles. The molecular formula is C23H21ClN4O6. The van der Waals surface area contributed by atoms with Crippen LogP contribution in [0.4, 0.5) is 10.5 Å². The minimum atomic E-state index is -1.58. The first-order valence-corrected chi connectivity index (χ1v) is 10.5. The van der Waals surface area contributed by atoms with Gasteiger partial charge in [-0.25, -0.2) is 14.4 Å². The number of benzene rings is 2. The van der Waals surface area contributed by atoms with Crippen molar-refractivity contribution in [1.29, 1.82) is 0 Å². The van der Waals surface area contributed by atoms with Gasteiger partial charge in [0.15, 0.2) is 0 Å². The lowest BCUT2D eigenvalue weighted by atomic mass is 9.84. The van der Waals surface area contributed by atoms with Crippen molar-refractivity contribution in [2.24, 2.45) is 5.11 Å². The van der Waals surface area contributed by atoms with E-state index in [1.54, 1.807) is 68.4 Å². The van der Waals surface area contributed by atoms with E-state index in [9.17, 15) is 14.4 Å². The van der Waals surface area contributed by atoms with Gasteiger partial charge >= 0.3 is 18.0 Å². The molecule has 176 valence electrons. The highest BCUT2D eigenvalue weighted by atomic mass is 35.5. The smallest absolute Gasteiger partial charge is 0.420 e. The largest absolute Gasteiger partial charge is 0.466 e. The summed E-state index contributed by atoms with van der Waals surface area (Å²) in [6, 6.07) is 15.0. The molecule has 2 heterocycles. The fraction of sp³-hybridized carbons (Fsp3) is 0.261. The number of halogens is 1. The Morgan fingerprint density at radius 2 is 1.59 bits per heavy atom. The Bertz CT molecular complexity index is 1230. The van der Waals surface area contributed by atoms with Gasteiger partial charge in [0, 0.05) is 17.2 Å². The maximum atomic E-state index is 13.5. The van der Waals surface area contributed by atoms with E-state index in [0.29, 0.717) is 10.7 Å². The molecular weight excluding hydrogens is 464 g/mol. The van der Waals surface area contributed by atoms with Gasteiger partial charge in [-0.15, -0.1) is 4.81 Å². The molecule has 0 bridgehead atoms. The molecule has 0 N–H and O–H groups in total. The number of methoxy groups -OCH3 is 2. The number of nitrogens with zero attached hydrogens (tertiary/aromatic N) is 4. The molecule has 10 nitrogen and oxygen atoms in total. The lowest BCUT2D eigenvalue weighted by Crippen LogP contribution is -2.55. The normalized spacial score (nSPS) is 23.1. The van der Waals surface area contributed by atoms with Crippen molar-refractivity contribution in [2.75, 3.05) is 14.2 Å². The Morgan fingerprint density at radius 3 is 2.18 bits per heavy atom. The van der Waals surface area contributed by atoms with Crippen LogP contribution in [-0.4, -0.2) is 53.2 Å². The molecule has 0 saturated heterocycles. The van der Waals surface area contributed by atoms with Crippen molar-refractivity contribution in [3.8, 4) is 5.75 Å². The van der Waals surface area contributed by atoms with E-state index in [4.69, 9.17) is 25.8 Å². The zero-order chi connectivity index (χ0) is 24.7. The molecule has 2 atom stereocenters. The summed E-state index contributed by atoms with van der Waals surface area (Å²) in [6.07, 6.45) is -0.948. The van der Waals surface area contributed by atoms with E-state index in [2.05, 4.69) is 10.5 Å². The topological polar surface area (TPSA) is 112 Å². The summed E-state index contributed by atoms with van der Waals surface area (Å²) >= 11 is 5.99. The minimum Gasteiger partial charge on any atom is -0.466 e. The first kappa shape index (κ1) is 23.2. The molecule has 0 aromatic heterocycles. The lowest BCUT2D eigenvalue weighted by molar-refractivity contribution is -0.457. The van der Waals surface area contributed by atoms with E-state index in [1.165, 1.54) is 11.9 Å². The van der Waals surface area contributed by atoms with E-state index in [-0.39, 0.29) is 17.0 Å². The van der Waals surface area contributed by atoms with Crippen LogP contribution in [0.15, 0.2) is 71.0 Å². The molecule has 0 saturated carbocycles. The number of para-hydroxylation sites is 1. The second-order valence-corrected chi connectivity index (χ2v) is 8.22. The zero-order valence-electron chi connectivity index (χ0n) is 18.8. The Morgan fingerprint density at radius 1 is 0.971 bits per heavy atom. The summed E-state index contributed by atoms with van der Waals surface area (Å²) in [6.45, 7) is 3.15. The minimum absolute atomic E-state index is 0.186. The quantitative estimate of drug-likeness (QED) is 0.471. The number of carbonyl (C=O) groups is 3. The maximum absolute atomic E-state index is 13.5. The number of azo groups is 1. The molecule has 1 amide bonds. The van der Waals surface area contributed by atoms with Crippen LogP contribution in [0, 0.1) is 0 Å². The summed E-state index contributed by atoms with van der Waals surface area (Å²) in [5, 5.41) is 5.13. The Labute approximate surface area is 200 Å². The average Bonchev–Trinajstić information content (AvgIpc) is 3.20. The molecule has 2 aliphatic rings. The maximum Gasteiger partial charge on any atom is 0.420 e. The fourth-order valence-corrected chi connectivity index (χ4v) is 4.11. The van der Waals surface area contributed by atoms with Crippen molar-refractivity contribution in [2.45, 2.75) is 25.0 Å². The van der Waals surface area contributed by atoms with Gasteiger partial charge in [-0.1, -0.05) is 29.8 Å². The van der Waals surface area contributed by atoms with E-state index in [1.807, 2.05) is 0 Å². The molecule has 4 rings (SSSR count). The van der Waals surface area contributed by atoms with Gasteiger partial charge in [0.05, 0.1) is 25.3 Å². The summed E-state index contributed by atoms with van der Waals surface area (Å²) < 4.78 is 15.4. The summed E-state index contributed by atoms with van der Waals surface area (Å²) in [7, 11) is 2.30. The van der Waals surface area contributed by atoms with Crippen LogP contribution in [0.25, 0.3) is 5.43 Å². The Kier molecular flexibility index (Phi) is 5.78. The van der Waals surface area contributed by atoms with Gasteiger partial charge in [-0.2, -0.15) is 10.5 Å². The monoisotopic (exact) mass is 484 g/mol. The summed E-state index contributed by atoms with van der Waals surface area (Å²) in [5.74, 6) is -1.57. The average molecular weight is 485 g/mol. The van der Waals surface area contributed by atoms with Crippen molar-refractivity contribution >= 4 is 35.3 Å². The van der Waals surface area contributed by atoms with Gasteiger partial charge in [0.25, 0.3) is 0 Å². The third-order valence-electron chi connectivity index (χ3n) is 5.85. The van der Waals surface area contributed by atoms with Gasteiger partial charge < -0.3 is 14.2 Å². The number of hydrogen-bond donors (Lipinski definition) is 0. The predicted molar refractivity (Wildman–Crippen MR) is 119 cm³/mol. The Balaban J connectivity index is 1.89. The summed E-state index contributed by atoms with van der Waals surface area (Å²) in [5.41, 5.74) is 1.52. The number of rotatable bonds is 4. The van der Waals surface area contributed by atoms with E-state index >= 15 is 0 Å². The van der Waals surface area contributed by atoms with Gasteiger partial charge in [-0.3, -0.25) is 4.90 Å². The highest BCUT2D eigenvalue weighted by Gasteiger charge is 2.66.